The summed E-state index contributed by atoms with van der Waals surface area (Å²) < 4.78 is 38.5. The Balaban J connectivity index is 2.31. The summed E-state index contributed by atoms with van der Waals surface area (Å²) in [5.74, 6) is -2.60. The fourth-order valence-corrected chi connectivity index (χ4v) is 2.33. The van der Waals surface area contributed by atoms with E-state index in [0.29, 0.717) is 12.3 Å². The first-order chi connectivity index (χ1) is 9.87. The van der Waals surface area contributed by atoms with E-state index in [0.717, 1.165) is 0 Å². The van der Waals surface area contributed by atoms with Crippen LogP contribution in [0.25, 0.3) is 0 Å². The molecule has 1 aromatic carbocycles. The molecule has 1 saturated heterocycles. The number of alkyl halides is 2. The molecule has 0 bridgehead atoms. The number of nitrogen functional groups attached to an aromatic ring is 1. The number of hydrogen-bond acceptors (Lipinski definition) is 5. The topological polar surface area (TPSA) is 71.5 Å². The summed E-state index contributed by atoms with van der Waals surface area (Å²) in [6.07, 6.45) is -1.11. The molecule has 1 aliphatic rings. The molecule has 7 heteroatoms. The monoisotopic (exact) mass is 297 g/mol. The van der Waals surface area contributed by atoms with Crippen molar-refractivity contribution in [1.82, 2.24) is 4.90 Å². The van der Waals surface area contributed by atoms with E-state index >= 15 is 0 Å². The second kappa shape index (κ2) is 5.74. The summed E-state index contributed by atoms with van der Waals surface area (Å²) in [4.78, 5) is 1.55. The van der Waals surface area contributed by atoms with Gasteiger partial charge in [0.05, 0.1) is 19.3 Å². The Labute approximate surface area is 121 Å². The van der Waals surface area contributed by atoms with Gasteiger partial charge >= 0.3 is 0 Å². The molecule has 0 saturated carbocycles. The molecule has 1 atom stereocenters. The Morgan fingerprint density at radius 2 is 2.19 bits per heavy atom. The second-order valence-corrected chi connectivity index (χ2v) is 5.10. The van der Waals surface area contributed by atoms with Crippen LogP contribution < -0.4 is 15.2 Å². The highest BCUT2D eigenvalue weighted by atomic mass is 19.3. The molecule has 114 valence electrons. The highest BCUT2D eigenvalue weighted by Crippen LogP contribution is 2.35. The number of benzene rings is 1. The number of hydrogen-bond donors (Lipinski definition) is 1. The molecule has 0 radical (unpaired) electrons. The lowest BCUT2D eigenvalue weighted by molar-refractivity contribution is -0.135. The van der Waals surface area contributed by atoms with Crippen molar-refractivity contribution >= 4 is 5.69 Å². The number of anilines is 1. The van der Waals surface area contributed by atoms with Gasteiger partial charge in [-0.25, -0.2) is 8.78 Å². The van der Waals surface area contributed by atoms with Crippen molar-refractivity contribution in [2.75, 3.05) is 33.0 Å². The average molecular weight is 297 g/mol. The highest BCUT2D eigenvalue weighted by molar-refractivity contribution is 5.64. The number of rotatable bonds is 3. The number of nitrogens with zero attached hydrogens (tertiary/aromatic N) is 2. The third kappa shape index (κ3) is 3.16. The van der Waals surface area contributed by atoms with E-state index in [1.54, 1.807) is 11.9 Å². The van der Waals surface area contributed by atoms with E-state index in [9.17, 15) is 8.78 Å². The van der Waals surface area contributed by atoms with E-state index in [1.165, 1.54) is 19.2 Å². The average Bonchev–Trinajstić information content (AvgIpc) is 2.40. The molecule has 0 spiro atoms. The number of ether oxygens (including phenoxy) is 2. The number of likely N-dealkylation sites (tertiary alicyclic amines) is 1. The van der Waals surface area contributed by atoms with Crippen LogP contribution in [0, 0.1) is 11.3 Å². The Bertz CT molecular complexity index is 572. The van der Waals surface area contributed by atoms with Gasteiger partial charge in [-0.15, -0.1) is 0 Å². The predicted octanol–water partition coefficient (Wildman–Crippen LogP) is 1.87. The van der Waals surface area contributed by atoms with Crippen LogP contribution in [0.1, 0.15) is 12.0 Å². The summed E-state index contributed by atoms with van der Waals surface area (Å²) in [5, 5.41) is 9.12. The third-order valence-electron chi connectivity index (χ3n) is 3.45. The van der Waals surface area contributed by atoms with Gasteiger partial charge in [-0.2, -0.15) is 5.26 Å². The highest BCUT2D eigenvalue weighted by Gasteiger charge is 2.45. The van der Waals surface area contributed by atoms with E-state index in [-0.39, 0.29) is 30.0 Å². The zero-order valence-corrected chi connectivity index (χ0v) is 11.9. The molecule has 2 rings (SSSR count). The van der Waals surface area contributed by atoms with Gasteiger partial charge in [0.2, 0.25) is 0 Å². The van der Waals surface area contributed by atoms with Gasteiger partial charge < -0.3 is 20.1 Å². The standard InChI is InChI=1S/C14H17F2N3O2/c1-19-4-3-13(14(15,16)8-19)21-12-6-9(20-2)5-11(18)10(12)7-17/h5-6,13H,3-4,8,18H2,1-2H3. The Morgan fingerprint density at radius 3 is 2.76 bits per heavy atom. The van der Waals surface area contributed by atoms with Crippen LogP contribution >= 0.6 is 0 Å². The molecule has 1 aliphatic heterocycles. The second-order valence-electron chi connectivity index (χ2n) is 5.10. The summed E-state index contributed by atoms with van der Waals surface area (Å²) in [5.41, 5.74) is 5.91. The fourth-order valence-electron chi connectivity index (χ4n) is 2.33. The molecule has 1 aromatic rings. The van der Waals surface area contributed by atoms with Gasteiger partial charge in [0, 0.05) is 25.1 Å². The minimum Gasteiger partial charge on any atom is -0.497 e. The van der Waals surface area contributed by atoms with Gasteiger partial charge in [0.1, 0.15) is 23.1 Å². The van der Waals surface area contributed by atoms with Crippen molar-refractivity contribution in [3.63, 3.8) is 0 Å². The molecule has 0 aliphatic carbocycles. The van der Waals surface area contributed by atoms with Gasteiger partial charge in [0.25, 0.3) is 5.92 Å². The largest absolute Gasteiger partial charge is 0.497 e. The number of nitrogens with two attached hydrogens (primary N) is 1. The first kappa shape index (κ1) is 15.3. The number of nitriles is 1. The Kier molecular flexibility index (Phi) is 4.19. The molecule has 21 heavy (non-hydrogen) atoms. The maximum atomic E-state index is 14.0. The smallest absolute Gasteiger partial charge is 0.296 e. The van der Waals surface area contributed by atoms with Crippen LogP contribution in [0.4, 0.5) is 14.5 Å². The summed E-state index contributed by atoms with van der Waals surface area (Å²) in [6, 6.07) is 4.74. The zero-order valence-electron chi connectivity index (χ0n) is 11.9. The summed E-state index contributed by atoms with van der Waals surface area (Å²) >= 11 is 0. The van der Waals surface area contributed by atoms with Crippen LogP contribution in [0.2, 0.25) is 0 Å². The van der Waals surface area contributed by atoms with Crippen molar-refractivity contribution in [2.45, 2.75) is 18.4 Å². The van der Waals surface area contributed by atoms with E-state index in [2.05, 4.69) is 0 Å². The predicted molar refractivity (Wildman–Crippen MR) is 73.6 cm³/mol. The lowest BCUT2D eigenvalue weighted by Crippen LogP contribution is -2.52. The normalized spacial score (nSPS) is 21.6. The first-order valence-electron chi connectivity index (χ1n) is 6.48. The van der Waals surface area contributed by atoms with E-state index in [1.807, 2.05) is 6.07 Å². The number of methoxy groups -OCH3 is 1. The maximum Gasteiger partial charge on any atom is 0.296 e. The Hall–Kier alpha value is -2.07. The molecule has 0 amide bonds. The molecule has 2 N–H and O–H groups in total. The molecule has 0 aromatic heterocycles. The molecular weight excluding hydrogens is 280 g/mol. The van der Waals surface area contributed by atoms with Crippen LogP contribution in [-0.2, 0) is 0 Å². The van der Waals surface area contributed by atoms with Gasteiger partial charge in [-0.3, -0.25) is 0 Å². The molecular formula is C14H17F2N3O2. The minimum absolute atomic E-state index is 0.0311. The Morgan fingerprint density at radius 1 is 1.48 bits per heavy atom. The first-order valence-corrected chi connectivity index (χ1v) is 6.48. The quantitative estimate of drug-likeness (QED) is 0.862. The van der Waals surface area contributed by atoms with Crippen LogP contribution in [0.15, 0.2) is 12.1 Å². The fraction of sp³-hybridized carbons (Fsp3) is 0.500. The lowest BCUT2D eigenvalue weighted by Gasteiger charge is -2.36. The van der Waals surface area contributed by atoms with Crippen LogP contribution in [0.3, 0.4) is 0 Å². The van der Waals surface area contributed by atoms with Crippen LogP contribution in [0.5, 0.6) is 11.5 Å². The molecule has 1 unspecified atom stereocenters. The maximum absolute atomic E-state index is 14.0. The van der Waals surface area contributed by atoms with Gasteiger partial charge in [0.15, 0.2) is 6.10 Å². The van der Waals surface area contributed by atoms with Gasteiger partial charge in [-0.1, -0.05) is 0 Å². The minimum atomic E-state index is -2.99. The SMILES string of the molecule is COc1cc(N)c(C#N)c(OC2CCN(C)CC2(F)F)c1. The summed E-state index contributed by atoms with van der Waals surface area (Å²) in [6.45, 7) is 0.126. The van der Waals surface area contributed by atoms with Crippen molar-refractivity contribution in [3.8, 4) is 17.6 Å². The lowest BCUT2D eigenvalue weighted by atomic mass is 10.0. The van der Waals surface area contributed by atoms with Crippen molar-refractivity contribution in [3.05, 3.63) is 17.7 Å². The van der Waals surface area contributed by atoms with Crippen molar-refractivity contribution in [2.24, 2.45) is 0 Å². The van der Waals surface area contributed by atoms with Crippen LogP contribution in [-0.4, -0.2) is 44.2 Å². The number of piperidine rings is 1. The third-order valence-corrected chi connectivity index (χ3v) is 3.45. The van der Waals surface area contributed by atoms with E-state index in [4.69, 9.17) is 20.5 Å². The zero-order chi connectivity index (χ0) is 15.6. The molecule has 1 fully saturated rings. The van der Waals surface area contributed by atoms with Crippen molar-refractivity contribution in [1.29, 1.82) is 5.26 Å². The summed E-state index contributed by atoms with van der Waals surface area (Å²) in [7, 11) is 3.06. The van der Waals surface area contributed by atoms with Gasteiger partial charge in [-0.05, 0) is 7.05 Å². The van der Waals surface area contributed by atoms with E-state index < -0.39 is 12.0 Å². The van der Waals surface area contributed by atoms with Crippen molar-refractivity contribution < 1.29 is 18.3 Å². The number of halogens is 2. The molecule has 5 nitrogen and oxygen atoms in total. The molecule has 1 heterocycles.